The van der Waals surface area contributed by atoms with E-state index in [0.29, 0.717) is 5.92 Å². The Bertz CT molecular complexity index is 2580. The third-order valence-electron chi connectivity index (χ3n) is 12.4. The molecule has 7 aromatic rings. The molecule has 0 N–H and O–H groups in total. The zero-order valence-electron chi connectivity index (χ0n) is 31.5. The lowest BCUT2D eigenvalue weighted by atomic mass is 9.81. The molecule has 54 heavy (non-hydrogen) atoms. The minimum atomic E-state index is -0.0601. The first-order valence-electron chi connectivity index (χ1n) is 19.7. The van der Waals surface area contributed by atoms with E-state index >= 15 is 0 Å². The summed E-state index contributed by atoms with van der Waals surface area (Å²) in [4.78, 5) is 2.62. The molecule has 0 spiro atoms. The van der Waals surface area contributed by atoms with Crippen LogP contribution in [0.1, 0.15) is 68.0 Å². The quantitative estimate of drug-likeness (QED) is 0.168. The molecule has 0 aliphatic heterocycles. The number of aryl methyl sites for hydroxylation is 1. The summed E-state index contributed by atoms with van der Waals surface area (Å²) >= 11 is 0. The van der Waals surface area contributed by atoms with Gasteiger partial charge in [0.1, 0.15) is 0 Å². The van der Waals surface area contributed by atoms with Crippen molar-refractivity contribution in [1.29, 1.82) is 0 Å². The van der Waals surface area contributed by atoms with Gasteiger partial charge in [0.25, 0.3) is 0 Å². The number of aromatic nitrogens is 1. The summed E-state index contributed by atoms with van der Waals surface area (Å²) in [5.74, 6) is 0.572. The van der Waals surface area contributed by atoms with Crippen LogP contribution in [0.15, 0.2) is 158 Å². The molecular weight excluding hydrogens is 653 g/mol. The maximum atomic E-state index is 2.62. The molecule has 0 saturated heterocycles. The summed E-state index contributed by atoms with van der Waals surface area (Å²) in [5.41, 5.74) is 18.5. The molecule has 0 saturated carbocycles. The minimum Gasteiger partial charge on any atom is -0.334 e. The standard InChI is InChI=1S/C52H46N2/c1-35-30-39(36-14-6-4-7-15-36)32-43(31-35)53(42-27-28-45-44-18-10-12-20-48(44)52(2,3)49(45)34-42)41-25-22-37(23-26-41)38-24-29-51-47(33-38)46-19-11-13-21-50(46)54(51)40-16-8-5-9-17-40/h4-10,12-18,20-29,32-35,43H,11,19,30-31H2,1-3H3. The van der Waals surface area contributed by atoms with Crippen molar-refractivity contribution in [3.8, 4) is 27.9 Å². The van der Waals surface area contributed by atoms with Crippen molar-refractivity contribution in [2.45, 2.75) is 57.9 Å². The molecule has 2 nitrogen and oxygen atoms in total. The Morgan fingerprint density at radius 1 is 0.648 bits per heavy atom. The normalized spacial score (nSPS) is 18.2. The van der Waals surface area contributed by atoms with Gasteiger partial charge in [0.15, 0.2) is 0 Å². The summed E-state index contributed by atoms with van der Waals surface area (Å²) in [6.07, 6.45) is 11.6. The monoisotopic (exact) mass is 698 g/mol. The van der Waals surface area contributed by atoms with Gasteiger partial charge in [-0.3, -0.25) is 0 Å². The highest BCUT2D eigenvalue weighted by Crippen LogP contribution is 2.50. The van der Waals surface area contributed by atoms with Gasteiger partial charge in [-0.15, -0.1) is 0 Å². The summed E-state index contributed by atoms with van der Waals surface area (Å²) < 4.78 is 2.43. The highest BCUT2D eigenvalue weighted by atomic mass is 15.2. The van der Waals surface area contributed by atoms with Crippen molar-refractivity contribution in [3.63, 3.8) is 0 Å². The molecule has 1 aromatic heterocycles. The molecule has 2 atom stereocenters. The predicted octanol–water partition coefficient (Wildman–Crippen LogP) is 13.6. The minimum absolute atomic E-state index is 0.0601. The number of fused-ring (bicyclic) bond motifs is 6. The fraction of sp³-hybridized carbons (Fsp3) is 0.192. The molecule has 264 valence electrons. The average molecular weight is 699 g/mol. The van der Waals surface area contributed by atoms with Gasteiger partial charge in [0, 0.05) is 33.6 Å². The molecule has 1 heterocycles. The molecule has 0 radical (unpaired) electrons. The Morgan fingerprint density at radius 3 is 2.17 bits per heavy atom. The zero-order chi connectivity index (χ0) is 36.4. The van der Waals surface area contributed by atoms with Crippen LogP contribution in [0.3, 0.4) is 0 Å². The van der Waals surface area contributed by atoms with E-state index in [1.165, 1.54) is 83.7 Å². The van der Waals surface area contributed by atoms with E-state index in [-0.39, 0.29) is 11.5 Å². The van der Waals surface area contributed by atoms with Gasteiger partial charge in [-0.1, -0.05) is 130 Å². The molecule has 0 bridgehead atoms. The maximum Gasteiger partial charge on any atom is 0.0538 e. The smallest absolute Gasteiger partial charge is 0.0538 e. The SMILES string of the molecule is CC1CC(c2ccccc2)=CC(N(c2ccc(-c3ccc4c(c3)c3c(n4-c4ccccc4)C=CCC3)cc2)c2ccc3c(c2)C(C)(C)c2ccccc2-3)C1. The highest BCUT2D eigenvalue weighted by molar-refractivity contribution is 5.94. The van der Waals surface area contributed by atoms with Gasteiger partial charge < -0.3 is 9.47 Å². The highest BCUT2D eigenvalue weighted by Gasteiger charge is 2.36. The Kier molecular flexibility index (Phi) is 7.84. The lowest BCUT2D eigenvalue weighted by Crippen LogP contribution is -2.33. The summed E-state index contributed by atoms with van der Waals surface area (Å²) in [5, 5.41) is 1.36. The van der Waals surface area contributed by atoms with Crippen molar-refractivity contribution >= 4 is 33.9 Å². The second kappa shape index (κ2) is 12.9. The van der Waals surface area contributed by atoms with E-state index in [9.17, 15) is 0 Å². The van der Waals surface area contributed by atoms with Crippen LogP contribution in [0.2, 0.25) is 0 Å². The van der Waals surface area contributed by atoms with Gasteiger partial charge in [0.2, 0.25) is 0 Å². The number of rotatable bonds is 6. The molecule has 0 amide bonds. The van der Waals surface area contributed by atoms with Gasteiger partial charge in [-0.05, 0) is 136 Å². The molecule has 10 rings (SSSR count). The zero-order valence-corrected chi connectivity index (χ0v) is 31.5. The summed E-state index contributed by atoms with van der Waals surface area (Å²) in [6, 6.07) is 54.7. The van der Waals surface area contributed by atoms with Crippen molar-refractivity contribution in [1.82, 2.24) is 4.57 Å². The van der Waals surface area contributed by atoms with Crippen molar-refractivity contribution in [2.24, 2.45) is 5.92 Å². The van der Waals surface area contributed by atoms with Crippen LogP contribution in [-0.2, 0) is 11.8 Å². The van der Waals surface area contributed by atoms with Crippen LogP contribution in [0.4, 0.5) is 11.4 Å². The topological polar surface area (TPSA) is 8.17 Å². The van der Waals surface area contributed by atoms with Crippen LogP contribution in [0.25, 0.3) is 50.5 Å². The Hall–Kier alpha value is -5.86. The van der Waals surface area contributed by atoms with E-state index < -0.39 is 0 Å². The molecule has 6 aromatic carbocycles. The Morgan fingerprint density at radius 2 is 1.35 bits per heavy atom. The van der Waals surface area contributed by atoms with E-state index in [0.717, 1.165) is 25.7 Å². The van der Waals surface area contributed by atoms with Gasteiger partial charge >= 0.3 is 0 Å². The number of hydrogen-bond acceptors (Lipinski definition) is 1. The second-order valence-electron chi connectivity index (χ2n) is 16.2. The Balaban J connectivity index is 1.07. The fourth-order valence-electron chi connectivity index (χ4n) is 9.74. The van der Waals surface area contributed by atoms with Crippen molar-refractivity contribution in [3.05, 3.63) is 186 Å². The summed E-state index contributed by atoms with van der Waals surface area (Å²) in [7, 11) is 0. The third kappa shape index (κ3) is 5.38. The summed E-state index contributed by atoms with van der Waals surface area (Å²) in [6.45, 7) is 7.19. The number of allylic oxidation sites excluding steroid dienone is 2. The third-order valence-corrected chi connectivity index (χ3v) is 12.4. The number of anilines is 2. The van der Waals surface area contributed by atoms with E-state index in [4.69, 9.17) is 0 Å². The van der Waals surface area contributed by atoms with Crippen LogP contribution >= 0.6 is 0 Å². The van der Waals surface area contributed by atoms with Gasteiger partial charge in [-0.25, -0.2) is 0 Å². The first-order chi connectivity index (χ1) is 26.4. The largest absolute Gasteiger partial charge is 0.334 e. The van der Waals surface area contributed by atoms with Crippen LogP contribution in [-0.4, -0.2) is 10.6 Å². The predicted molar refractivity (Wildman–Crippen MR) is 229 cm³/mol. The van der Waals surface area contributed by atoms with Crippen LogP contribution < -0.4 is 4.90 Å². The molecular formula is C52H46N2. The molecule has 2 heteroatoms. The van der Waals surface area contributed by atoms with E-state index in [2.05, 4.69) is 194 Å². The number of nitrogens with zero attached hydrogens (tertiary/aromatic N) is 2. The first kappa shape index (κ1) is 32.8. The average Bonchev–Trinajstić information content (AvgIpc) is 3.66. The number of para-hydroxylation sites is 1. The number of benzene rings is 6. The van der Waals surface area contributed by atoms with Gasteiger partial charge in [-0.2, -0.15) is 0 Å². The first-order valence-corrected chi connectivity index (χ1v) is 19.7. The number of hydrogen-bond donors (Lipinski definition) is 0. The van der Waals surface area contributed by atoms with Crippen molar-refractivity contribution < 1.29 is 0 Å². The molecule has 3 aliphatic rings. The van der Waals surface area contributed by atoms with Gasteiger partial charge in [0.05, 0.1) is 11.6 Å². The van der Waals surface area contributed by atoms with Crippen LogP contribution in [0, 0.1) is 5.92 Å². The van der Waals surface area contributed by atoms with Crippen molar-refractivity contribution in [2.75, 3.05) is 4.90 Å². The van der Waals surface area contributed by atoms with E-state index in [1.807, 2.05) is 0 Å². The lowest BCUT2D eigenvalue weighted by molar-refractivity contribution is 0.491. The molecule has 3 aliphatic carbocycles. The second-order valence-corrected chi connectivity index (χ2v) is 16.2. The Labute approximate surface area is 319 Å². The lowest BCUT2D eigenvalue weighted by Gasteiger charge is -2.38. The maximum absolute atomic E-state index is 2.62. The fourth-order valence-corrected chi connectivity index (χ4v) is 9.74. The van der Waals surface area contributed by atoms with Crippen LogP contribution in [0.5, 0.6) is 0 Å². The molecule has 2 unspecified atom stereocenters. The van der Waals surface area contributed by atoms with E-state index in [1.54, 1.807) is 0 Å². The molecule has 0 fully saturated rings.